The van der Waals surface area contributed by atoms with Gasteiger partial charge in [0.1, 0.15) is 4.88 Å². The summed E-state index contributed by atoms with van der Waals surface area (Å²) in [5, 5.41) is 0. The Morgan fingerprint density at radius 1 is 1.60 bits per heavy atom. The van der Waals surface area contributed by atoms with Crippen LogP contribution in [0.5, 0.6) is 0 Å². The molecule has 80 valence electrons. The van der Waals surface area contributed by atoms with Gasteiger partial charge in [-0.25, -0.2) is 4.79 Å². The highest BCUT2D eigenvalue weighted by molar-refractivity contribution is 7.15. The molecule has 0 saturated carbocycles. The van der Waals surface area contributed by atoms with Gasteiger partial charge in [-0.1, -0.05) is 18.2 Å². The summed E-state index contributed by atoms with van der Waals surface area (Å²) in [7, 11) is 1.39. The third-order valence-corrected chi connectivity index (χ3v) is 3.04. The van der Waals surface area contributed by atoms with Crippen molar-refractivity contribution in [3.8, 4) is 0 Å². The molecular weight excluding hydrogens is 208 g/mol. The number of thiophene rings is 1. The van der Waals surface area contributed by atoms with Gasteiger partial charge in [-0.05, 0) is 31.6 Å². The Hall–Kier alpha value is -1.35. The fourth-order valence-electron chi connectivity index (χ4n) is 1.08. The summed E-state index contributed by atoms with van der Waals surface area (Å²) in [6.45, 7) is 7.69. The monoisotopic (exact) mass is 222 g/mol. The molecule has 0 aliphatic carbocycles. The van der Waals surface area contributed by atoms with Gasteiger partial charge in [0, 0.05) is 4.88 Å². The first-order valence-electron chi connectivity index (χ1n) is 4.57. The zero-order valence-electron chi connectivity index (χ0n) is 9.16. The van der Waals surface area contributed by atoms with E-state index in [9.17, 15) is 4.79 Å². The second kappa shape index (κ2) is 4.94. The fraction of sp³-hybridized carbons (Fsp3) is 0.250. The van der Waals surface area contributed by atoms with Gasteiger partial charge in [-0.3, -0.25) is 0 Å². The second-order valence-corrected chi connectivity index (χ2v) is 4.41. The zero-order chi connectivity index (χ0) is 11.4. The molecule has 1 aromatic heterocycles. The standard InChI is InChI=1S/C12H14O2S/c1-8(2)5-6-10-9(3)7-11(15-10)12(13)14-4/h5-7H,1H2,2-4H3/b6-5-. The summed E-state index contributed by atoms with van der Waals surface area (Å²) in [5.41, 5.74) is 2.07. The van der Waals surface area contributed by atoms with Crippen LogP contribution in [0.2, 0.25) is 0 Å². The minimum atomic E-state index is -0.280. The molecule has 0 aliphatic rings. The highest BCUT2D eigenvalue weighted by Crippen LogP contribution is 2.24. The van der Waals surface area contributed by atoms with E-state index in [1.807, 2.05) is 32.1 Å². The molecule has 2 nitrogen and oxygen atoms in total. The predicted octanol–water partition coefficient (Wildman–Crippen LogP) is 3.43. The number of esters is 1. The molecule has 0 N–H and O–H groups in total. The molecule has 0 aromatic carbocycles. The number of rotatable bonds is 3. The smallest absolute Gasteiger partial charge is 0.348 e. The van der Waals surface area contributed by atoms with E-state index in [0.717, 1.165) is 16.0 Å². The Morgan fingerprint density at radius 2 is 2.27 bits per heavy atom. The van der Waals surface area contributed by atoms with Gasteiger partial charge in [0.05, 0.1) is 7.11 Å². The van der Waals surface area contributed by atoms with Gasteiger partial charge in [-0.15, -0.1) is 11.3 Å². The number of hydrogen-bond acceptors (Lipinski definition) is 3. The molecule has 1 rings (SSSR count). The van der Waals surface area contributed by atoms with Crippen LogP contribution >= 0.6 is 11.3 Å². The van der Waals surface area contributed by atoms with Crippen LogP contribution in [-0.4, -0.2) is 13.1 Å². The maximum absolute atomic E-state index is 11.3. The Balaban J connectivity index is 2.96. The lowest BCUT2D eigenvalue weighted by atomic mass is 10.2. The average Bonchev–Trinajstić information content (AvgIpc) is 2.55. The third kappa shape index (κ3) is 3.06. The number of ether oxygens (including phenoxy) is 1. The van der Waals surface area contributed by atoms with Crippen molar-refractivity contribution in [1.82, 2.24) is 0 Å². The van der Waals surface area contributed by atoms with Crippen LogP contribution in [-0.2, 0) is 4.74 Å². The first-order valence-corrected chi connectivity index (χ1v) is 5.38. The number of aryl methyl sites for hydroxylation is 1. The summed E-state index contributed by atoms with van der Waals surface area (Å²) in [6.07, 6.45) is 3.90. The molecule has 0 bridgehead atoms. The molecule has 0 aliphatic heterocycles. The molecule has 0 radical (unpaired) electrons. The SMILES string of the molecule is C=C(C)/C=C\c1sc(C(=O)OC)cc1C. The average molecular weight is 222 g/mol. The Kier molecular flexibility index (Phi) is 3.86. The molecule has 0 fully saturated rings. The van der Waals surface area contributed by atoms with Crippen LogP contribution in [0.25, 0.3) is 6.08 Å². The van der Waals surface area contributed by atoms with Gasteiger partial charge in [0.2, 0.25) is 0 Å². The first kappa shape index (κ1) is 11.7. The number of carbonyl (C=O) groups excluding carboxylic acids is 1. The van der Waals surface area contributed by atoms with Crippen molar-refractivity contribution in [1.29, 1.82) is 0 Å². The van der Waals surface area contributed by atoms with Crippen LogP contribution in [0.1, 0.15) is 27.0 Å². The largest absolute Gasteiger partial charge is 0.465 e. The number of carbonyl (C=O) groups is 1. The van der Waals surface area contributed by atoms with Gasteiger partial charge < -0.3 is 4.74 Å². The van der Waals surface area contributed by atoms with Gasteiger partial charge in [0.15, 0.2) is 0 Å². The number of allylic oxidation sites excluding steroid dienone is 2. The molecule has 0 spiro atoms. The first-order chi connectivity index (χ1) is 7.04. The lowest BCUT2D eigenvalue weighted by Gasteiger charge is -1.91. The summed E-state index contributed by atoms with van der Waals surface area (Å²) >= 11 is 1.43. The summed E-state index contributed by atoms with van der Waals surface area (Å²) in [4.78, 5) is 13.0. The van der Waals surface area contributed by atoms with Crippen molar-refractivity contribution < 1.29 is 9.53 Å². The van der Waals surface area contributed by atoms with Gasteiger partial charge in [-0.2, -0.15) is 0 Å². The highest BCUT2D eigenvalue weighted by Gasteiger charge is 2.10. The number of hydrogen-bond donors (Lipinski definition) is 0. The van der Waals surface area contributed by atoms with E-state index in [0.29, 0.717) is 4.88 Å². The summed E-state index contributed by atoms with van der Waals surface area (Å²) < 4.78 is 4.66. The van der Waals surface area contributed by atoms with Crippen LogP contribution in [0.15, 0.2) is 24.3 Å². The van der Waals surface area contributed by atoms with E-state index in [1.54, 1.807) is 0 Å². The molecule has 0 amide bonds. The lowest BCUT2D eigenvalue weighted by molar-refractivity contribution is 0.0606. The van der Waals surface area contributed by atoms with E-state index >= 15 is 0 Å². The molecule has 0 saturated heterocycles. The van der Waals surface area contributed by atoms with Crippen molar-refractivity contribution in [2.24, 2.45) is 0 Å². The topological polar surface area (TPSA) is 26.3 Å². The van der Waals surface area contributed by atoms with Gasteiger partial charge in [0.25, 0.3) is 0 Å². The van der Waals surface area contributed by atoms with E-state index < -0.39 is 0 Å². The van der Waals surface area contributed by atoms with Crippen molar-refractivity contribution in [2.75, 3.05) is 7.11 Å². The van der Waals surface area contributed by atoms with Gasteiger partial charge >= 0.3 is 5.97 Å². The van der Waals surface area contributed by atoms with Crippen molar-refractivity contribution in [3.05, 3.63) is 39.6 Å². The van der Waals surface area contributed by atoms with E-state index in [2.05, 4.69) is 11.3 Å². The molecular formula is C12H14O2S. The zero-order valence-corrected chi connectivity index (χ0v) is 9.98. The summed E-state index contributed by atoms with van der Waals surface area (Å²) in [6, 6.07) is 1.84. The van der Waals surface area contributed by atoms with Crippen LogP contribution in [0, 0.1) is 6.92 Å². The highest BCUT2D eigenvalue weighted by atomic mass is 32.1. The van der Waals surface area contributed by atoms with Crippen molar-refractivity contribution >= 4 is 23.4 Å². The van der Waals surface area contributed by atoms with E-state index in [1.165, 1.54) is 18.4 Å². The normalized spacial score (nSPS) is 10.6. The second-order valence-electron chi connectivity index (χ2n) is 3.33. The molecule has 3 heteroatoms. The minimum absolute atomic E-state index is 0.280. The van der Waals surface area contributed by atoms with Crippen LogP contribution in [0.3, 0.4) is 0 Å². The Labute approximate surface area is 93.9 Å². The summed E-state index contributed by atoms with van der Waals surface area (Å²) in [5.74, 6) is -0.280. The van der Waals surface area contributed by atoms with Crippen LogP contribution < -0.4 is 0 Å². The van der Waals surface area contributed by atoms with Crippen LogP contribution in [0.4, 0.5) is 0 Å². The Bertz CT molecular complexity index is 413. The molecule has 15 heavy (non-hydrogen) atoms. The maximum Gasteiger partial charge on any atom is 0.348 e. The fourth-order valence-corrected chi connectivity index (χ4v) is 2.08. The lowest BCUT2D eigenvalue weighted by Crippen LogP contribution is -1.96. The van der Waals surface area contributed by atoms with Crippen molar-refractivity contribution in [2.45, 2.75) is 13.8 Å². The van der Waals surface area contributed by atoms with E-state index in [4.69, 9.17) is 0 Å². The molecule has 1 aromatic rings. The molecule has 1 heterocycles. The quantitative estimate of drug-likeness (QED) is 0.578. The van der Waals surface area contributed by atoms with Crippen molar-refractivity contribution in [3.63, 3.8) is 0 Å². The number of methoxy groups -OCH3 is 1. The predicted molar refractivity (Wildman–Crippen MR) is 64.2 cm³/mol. The molecule has 0 atom stereocenters. The minimum Gasteiger partial charge on any atom is -0.465 e. The maximum atomic E-state index is 11.3. The third-order valence-electron chi connectivity index (χ3n) is 1.86. The molecule has 0 unspecified atom stereocenters. The Morgan fingerprint density at radius 3 is 2.80 bits per heavy atom. The van der Waals surface area contributed by atoms with E-state index in [-0.39, 0.29) is 5.97 Å².